The van der Waals surface area contributed by atoms with Crippen LogP contribution in [0.2, 0.25) is 0 Å². The Labute approximate surface area is 140 Å². The highest BCUT2D eigenvalue weighted by Crippen LogP contribution is 2.19. The van der Waals surface area contributed by atoms with Crippen LogP contribution < -0.4 is 15.8 Å². The Bertz CT molecular complexity index is 815. The minimum Gasteiger partial charge on any atom is -0.489 e. The van der Waals surface area contributed by atoms with E-state index in [1.165, 1.54) is 0 Å². The minimum atomic E-state index is -0.231. The first-order valence-corrected chi connectivity index (χ1v) is 7.65. The summed E-state index contributed by atoms with van der Waals surface area (Å²) in [7, 11) is 0. The number of carbonyl (C=O) groups is 1. The third-order valence-corrected chi connectivity index (χ3v) is 3.57. The average Bonchev–Trinajstić information content (AvgIpc) is 2.62. The molecule has 4 nitrogen and oxygen atoms in total. The molecule has 3 rings (SSSR count). The molecule has 0 aliphatic carbocycles. The molecule has 24 heavy (non-hydrogen) atoms. The van der Waals surface area contributed by atoms with Gasteiger partial charge in [-0.05, 0) is 42.0 Å². The van der Waals surface area contributed by atoms with E-state index < -0.39 is 0 Å². The van der Waals surface area contributed by atoms with Gasteiger partial charge in [0.2, 0.25) is 0 Å². The molecule has 1 amide bonds. The smallest absolute Gasteiger partial charge is 0.257 e. The van der Waals surface area contributed by atoms with Gasteiger partial charge in [0.25, 0.3) is 5.91 Å². The summed E-state index contributed by atoms with van der Waals surface area (Å²) in [6.45, 7) is 0.507. The van der Waals surface area contributed by atoms with Crippen LogP contribution in [0.5, 0.6) is 5.75 Å². The van der Waals surface area contributed by atoms with Crippen molar-refractivity contribution in [2.45, 2.75) is 6.61 Å². The third-order valence-electron chi connectivity index (χ3n) is 3.57. The predicted molar refractivity (Wildman–Crippen MR) is 96.0 cm³/mol. The van der Waals surface area contributed by atoms with Crippen molar-refractivity contribution in [3.05, 3.63) is 90.0 Å². The monoisotopic (exact) mass is 318 g/mol. The van der Waals surface area contributed by atoms with Crippen molar-refractivity contribution in [1.82, 2.24) is 0 Å². The maximum atomic E-state index is 12.2. The van der Waals surface area contributed by atoms with E-state index in [2.05, 4.69) is 5.32 Å². The number of hydrogen-bond acceptors (Lipinski definition) is 3. The highest BCUT2D eigenvalue weighted by Gasteiger charge is 2.09. The summed E-state index contributed by atoms with van der Waals surface area (Å²) in [6.07, 6.45) is 0. The van der Waals surface area contributed by atoms with Gasteiger partial charge in [0.15, 0.2) is 0 Å². The molecule has 0 atom stereocenters. The summed E-state index contributed by atoms with van der Waals surface area (Å²) in [5.74, 6) is 0.516. The molecule has 0 unspecified atom stereocenters. The van der Waals surface area contributed by atoms with Gasteiger partial charge in [-0.2, -0.15) is 0 Å². The van der Waals surface area contributed by atoms with Crippen LogP contribution in [-0.4, -0.2) is 5.91 Å². The van der Waals surface area contributed by atoms with Gasteiger partial charge in [0.05, 0.1) is 5.56 Å². The second-order valence-corrected chi connectivity index (χ2v) is 5.34. The zero-order valence-corrected chi connectivity index (χ0v) is 13.1. The zero-order valence-electron chi connectivity index (χ0n) is 13.1. The van der Waals surface area contributed by atoms with Crippen LogP contribution >= 0.6 is 0 Å². The summed E-state index contributed by atoms with van der Waals surface area (Å²) in [5, 5.41) is 2.83. The molecule has 0 radical (unpaired) electrons. The van der Waals surface area contributed by atoms with Crippen molar-refractivity contribution >= 4 is 17.3 Å². The molecule has 0 aliphatic heterocycles. The first-order chi connectivity index (χ1) is 11.7. The van der Waals surface area contributed by atoms with E-state index in [9.17, 15) is 4.79 Å². The third kappa shape index (κ3) is 3.93. The number of anilines is 2. The van der Waals surface area contributed by atoms with Crippen LogP contribution in [-0.2, 0) is 6.61 Å². The topological polar surface area (TPSA) is 64.4 Å². The standard InChI is InChI=1S/C20H18N2O2/c21-19-9-5-4-8-18(19)20(23)22-16-10-12-17(13-11-16)24-14-15-6-2-1-3-7-15/h1-13H,14,21H2,(H,22,23). The molecular weight excluding hydrogens is 300 g/mol. The molecule has 0 aromatic heterocycles. The number of carbonyl (C=O) groups excluding carboxylic acids is 1. The number of benzene rings is 3. The molecule has 3 aromatic rings. The fourth-order valence-corrected chi connectivity index (χ4v) is 2.28. The van der Waals surface area contributed by atoms with E-state index in [-0.39, 0.29) is 5.91 Å². The molecule has 0 fully saturated rings. The Kier molecular flexibility index (Phi) is 4.77. The van der Waals surface area contributed by atoms with Crippen LogP contribution in [0.3, 0.4) is 0 Å². The Hall–Kier alpha value is -3.27. The molecule has 4 heteroatoms. The number of hydrogen-bond donors (Lipinski definition) is 2. The fraction of sp³-hybridized carbons (Fsp3) is 0.0500. The molecule has 0 aliphatic rings. The quantitative estimate of drug-likeness (QED) is 0.696. The number of amides is 1. The fourth-order valence-electron chi connectivity index (χ4n) is 2.28. The lowest BCUT2D eigenvalue weighted by Crippen LogP contribution is -2.13. The number of ether oxygens (including phenoxy) is 1. The maximum absolute atomic E-state index is 12.2. The Balaban J connectivity index is 1.60. The largest absolute Gasteiger partial charge is 0.489 e. The average molecular weight is 318 g/mol. The van der Waals surface area contributed by atoms with Crippen LogP contribution in [0.1, 0.15) is 15.9 Å². The van der Waals surface area contributed by atoms with E-state index in [4.69, 9.17) is 10.5 Å². The van der Waals surface area contributed by atoms with Crippen LogP contribution in [0.25, 0.3) is 0 Å². The van der Waals surface area contributed by atoms with Gasteiger partial charge in [-0.15, -0.1) is 0 Å². The SMILES string of the molecule is Nc1ccccc1C(=O)Nc1ccc(OCc2ccccc2)cc1. The Morgan fingerprint density at radius 2 is 1.54 bits per heavy atom. The second-order valence-electron chi connectivity index (χ2n) is 5.34. The molecule has 3 N–H and O–H groups in total. The zero-order chi connectivity index (χ0) is 16.8. The molecule has 0 saturated carbocycles. The second kappa shape index (κ2) is 7.33. The number of nitrogen functional groups attached to an aromatic ring is 1. The van der Waals surface area contributed by atoms with Crippen molar-refractivity contribution in [3.63, 3.8) is 0 Å². The number of nitrogens with one attached hydrogen (secondary N) is 1. The van der Waals surface area contributed by atoms with Crippen LogP contribution in [0.15, 0.2) is 78.9 Å². The molecule has 3 aromatic carbocycles. The first kappa shape index (κ1) is 15.6. The number of nitrogens with two attached hydrogens (primary N) is 1. The predicted octanol–water partition coefficient (Wildman–Crippen LogP) is 4.10. The normalized spacial score (nSPS) is 10.2. The number of para-hydroxylation sites is 1. The summed E-state index contributed by atoms with van der Waals surface area (Å²) in [6, 6.07) is 24.2. The number of rotatable bonds is 5. The molecular formula is C20H18N2O2. The molecule has 120 valence electrons. The van der Waals surface area contributed by atoms with Crippen molar-refractivity contribution in [2.75, 3.05) is 11.1 Å². The van der Waals surface area contributed by atoms with Crippen LogP contribution in [0.4, 0.5) is 11.4 Å². The molecule has 0 heterocycles. The van der Waals surface area contributed by atoms with Crippen LogP contribution in [0, 0.1) is 0 Å². The van der Waals surface area contributed by atoms with Gasteiger partial charge < -0.3 is 15.8 Å². The van der Waals surface area contributed by atoms with Crippen molar-refractivity contribution in [2.24, 2.45) is 0 Å². The summed E-state index contributed by atoms with van der Waals surface area (Å²) < 4.78 is 5.72. The lowest BCUT2D eigenvalue weighted by molar-refractivity contribution is 0.102. The van der Waals surface area contributed by atoms with Gasteiger partial charge >= 0.3 is 0 Å². The van der Waals surface area contributed by atoms with Gasteiger partial charge in [0, 0.05) is 11.4 Å². The highest BCUT2D eigenvalue weighted by molar-refractivity contribution is 6.07. The van der Waals surface area contributed by atoms with Crippen molar-refractivity contribution < 1.29 is 9.53 Å². The lowest BCUT2D eigenvalue weighted by Gasteiger charge is -2.09. The van der Waals surface area contributed by atoms with Gasteiger partial charge in [-0.3, -0.25) is 4.79 Å². The van der Waals surface area contributed by atoms with E-state index >= 15 is 0 Å². The summed E-state index contributed by atoms with van der Waals surface area (Å²) >= 11 is 0. The lowest BCUT2D eigenvalue weighted by atomic mass is 10.1. The van der Waals surface area contributed by atoms with E-state index in [1.54, 1.807) is 36.4 Å². The van der Waals surface area contributed by atoms with Gasteiger partial charge in [-0.25, -0.2) is 0 Å². The molecule has 0 bridgehead atoms. The summed E-state index contributed by atoms with van der Waals surface area (Å²) in [4.78, 5) is 12.2. The van der Waals surface area contributed by atoms with Gasteiger partial charge in [0.1, 0.15) is 12.4 Å². The Morgan fingerprint density at radius 3 is 2.25 bits per heavy atom. The maximum Gasteiger partial charge on any atom is 0.257 e. The summed E-state index contributed by atoms with van der Waals surface area (Å²) in [5.41, 5.74) is 8.53. The van der Waals surface area contributed by atoms with E-state index in [0.717, 1.165) is 11.3 Å². The molecule has 0 spiro atoms. The highest BCUT2D eigenvalue weighted by atomic mass is 16.5. The first-order valence-electron chi connectivity index (χ1n) is 7.65. The van der Waals surface area contributed by atoms with E-state index in [0.29, 0.717) is 23.5 Å². The minimum absolute atomic E-state index is 0.231. The Morgan fingerprint density at radius 1 is 0.875 bits per heavy atom. The molecule has 0 saturated heterocycles. The van der Waals surface area contributed by atoms with E-state index in [1.807, 2.05) is 42.5 Å². The van der Waals surface area contributed by atoms with Crippen molar-refractivity contribution in [1.29, 1.82) is 0 Å². The van der Waals surface area contributed by atoms with Crippen molar-refractivity contribution in [3.8, 4) is 5.75 Å². The van der Waals surface area contributed by atoms with Gasteiger partial charge in [-0.1, -0.05) is 42.5 Å².